The number of rotatable bonds is 4. The molecule has 0 fully saturated rings. The van der Waals surface area contributed by atoms with Crippen LogP contribution in [0.3, 0.4) is 0 Å². The number of ether oxygens (including phenoxy) is 1. The molecule has 1 aromatic heterocycles. The molecule has 6 nitrogen and oxygen atoms in total. The Hall–Kier alpha value is -1.21. The summed E-state index contributed by atoms with van der Waals surface area (Å²) in [5.41, 5.74) is 0. The second-order valence-corrected chi connectivity index (χ2v) is 2.94. The SMILES string of the molecule is COCCNC(=O)Nc1cnns1. The molecule has 0 aromatic carbocycles. The molecule has 1 rings (SSSR count). The summed E-state index contributed by atoms with van der Waals surface area (Å²) in [6.45, 7) is 0.975. The molecule has 0 aliphatic heterocycles. The standard InChI is InChI=1S/C6H10N4O2S/c1-12-3-2-7-6(11)9-5-4-8-10-13-5/h4H,2-3H2,1H3,(H2,7,9,11). The molecule has 0 aliphatic rings. The number of urea groups is 1. The molecule has 0 aliphatic carbocycles. The molecule has 0 saturated heterocycles. The van der Waals surface area contributed by atoms with E-state index in [1.54, 1.807) is 7.11 Å². The van der Waals surface area contributed by atoms with Crippen molar-refractivity contribution in [3.05, 3.63) is 6.20 Å². The normalized spacial score (nSPS) is 9.62. The Morgan fingerprint density at radius 2 is 2.62 bits per heavy atom. The molecule has 2 amide bonds. The predicted octanol–water partition coefficient (Wildman–Crippen LogP) is 0.306. The number of carbonyl (C=O) groups excluding carboxylic acids is 1. The molecule has 0 unspecified atom stereocenters. The lowest BCUT2D eigenvalue weighted by molar-refractivity contribution is 0.198. The van der Waals surface area contributed by atoms with Gasteiger partial charge in [0.15, 0.2) is 0 Å². The van der Waals surface area contributed by atoms with Gasteiger partial charge in [0.25, 0.3) is 0 Å². The molecule has 7 heteroatoms. The van der Waals surface area contributed by atoms with Crippen LogP contribution >= 0.6 is 11.5 Å². The summed E-state index contributed by atoms with van der Waals surface area (Å²) in [6.07, 6.45) is 1.49. The van der Waals surface area contributed by atoms with Crippen molar-refractivity contribution in [2.75, 3.05) is 25.6 Å². The molecule has 1 heterocycles. The zero-order valence-corrected chi connectivity index (χ0v) is 7.93. The first-order valence-electron chi connectivity index (χ1n) is 3.64. The fourth-order valence-corrected chi connectivity index (χ4v) is 1.06. The Labute approximate surface area is 79.5 Å². The Bertz CT molecular complexity index is 251. The zero-order chi connectivity index (χ0) is 9.52. The summed E-state index contributed by atoms with van der Waals surface area (Å²) in [6, 6.07) is -0.275. The Balaban J connectivity index is 2.18. The lowest BCUT2D eigenvalue weighted by Gasteiger charge is -2.03. The number of nitrogens with one attached hydrogen (secondary N) is 2. The monoisotopic (exact) mass is 202 g/mol. The fourth-order valence-electron chi connectivity index (χ4n) is 0.645. The highest BCUT2D eigenvalue weighted by Gasteiger charge is 2.01. The van der Waals surface area contributed by atoms with Crippen molar-refractivity contribution in [2.45, 2.75) is 0 Å². The molecule has 1 aromatic rings. The van der Waals surface area contributed by atoms with Crippen LogP contribution in [0.1, 0.15) is 0 Å². The van der Waals surface area contributed by atoms with E-state index in [4.69, 9.17) is 4.74 Å². The van der Waals surface area contributed by atoms with Crippen LogP contribution in [0.25, 0.3) is 0 Å². The second kappa shape index (κ2) is 5.44. The molecule has 0 radical (unpaired) electrons. The quantitative estimate of drug-likeness (QED) is 0.689. The van der Waals surface area contributed by atoms with E-state index in [9.17, 15) is 4.79 Å². The van der Waals surface area contributed by atoms with Crippen molar-refractivity contribution in [2.24, 2.45) is 0 Å². The number of hydrogen-bond acceptors (Lipinski definition) is 5. The van der Waals surface area contributed by atoms with Crippen molar-refractivity contribution in [3.63, 3.8) is 0 Å². The maximum atomic E-state index is 11.1. The molecule has 72 valence electrons. The number of anilines is 1. The number of aromatic nitrogens is 2. The summed E-state index contributed by atoms with van der Waals surface area (Å²) in [5.74, 6) is 0. The smallest absolute Gasteiger partial charge is 0.320 e. The van der Waals surface area contributed by atoms with Crippen LogP contribution in [0.5, 0.6) is 0 Å². The average molecular weight is 202 g/mol. The first-order valence-corrected chi connectivity index (χ1v) is 4.41. The van der Waals surface area contributed by atoms with Gasteiger partial charge in [0.1, 0.15) is 5.00 Å². The lowest BCUT2D eigenvalue weighted by atomic mass is 10.7. The third-order valence-electron chi connectivity index (χ3n) is 1.19. The maximum absolute atomic E-state index is 11.1. The zero-order valence-electron chi connectivity index (χ0n) is 7.11. The topological polar surface area (TPSA) is 76.1 Å². The van der Waals surface area contributed by atoms with Gasteiger partial charge in [0.05, 0.1) is 12.8 Å². The van der Waals surface area contributed by atoms with Gasteiger partial charge >= 0.3 is 6.03 Å². The highest BCUT2D eigenvalue weighted by molar-refractivity contribution is 7.10. The van der Waals surface area contributed by atoms with Crippen LogP contribution in [-0.4, -0.2) is 35.9 Å². The van der Waals surface area contributed by atoms with Crippen LogP contribution in [-0.2, 0) is 4.74 Å². The minimum absolute atomic E-state index is 0.275. The van der Waals surface area contributed by atoms with Gasteiger partial charge < -0.3 is 10.1 Å². The summed E-state index contributed by atoms with van der Waals surface area (Å²) in [5, 5.41) is 9.36. The third-order valence-corrected chi connectivity index (χ3v) is 1.77. The van der Waals surface area contributed by atoms with E-state index in [0.717, 1.165) is 11.5 Å². The largest absolute Gasteiger partial charge is 0.383 e. The van der Waals surface area contributed by atoms with Crippen molar-refractivity contribution in [1.29, 1.82) is 0 Å². The van der Waals surface area contributed by atoms with Gasteiger partial charge in [-0.05, 0) is 0 Å². The number of carbonyl (C=O) groups is 1. The molecule has 0 saturated carbocycles. The molecule has 0 atom stereocenters. The highest BCUT2D eigenvalue weighted by Crippen LogP contribution is 2.07. The van der Waals surface area contributed by atoms with Crippen molar-refractivity contribution in [3.8, 4) is 0 Å². The Morgan fingerprint density at radius 1 is 1.77 bits per heavy atom. The average Bonchev–Trinajstić information content (AvgIpc) is 2.57. The number of hydrogen-bond donors (Lipinski definition) is 2. The van der Waals surface area contributed by atoms with Gasteiger partial charge in [-0.25, -0.2) is 4.79 Å². The number of methoxy groups -OCH3 is 1. The highest BCUT2D eigenvalue weighted by atomic mass is 32.1. The van der Waals surface area contributed by atoms with Crippen molar-refractivity contribution >= 4 is 22.6 Å². The van der Waals surface area contributed by atoms with E-state index in [0.29, 0.717) is 18.2 Å². The van der Waals surface area contributed by atoms with Crippen LogP contribution in [0.15, 0.2) is 6.20 Å². The van der Waals surface area contributed by atoms with Crippen molar-refractivity contribution in [1.82, 2.24) is 14.9 Å². The second-order valence-electron chi connectivity index (χ2n) is 2.16. The van der Waals surface area contributed by atoms with Crippen molar-refractivity contribution < 1.29 is 9.53 Å². The van der Waals surface area contributed by atoms with Crippen LogP contribution < -0.4 is 10.6 Å². The lowest BCUT2D eigenvalue weighted by Crippen LogP contribution is -2.31. The van der Waals surface area contributed by atoms with Gasteiger partial charge in [-0.3, -0.25) is 5.32 Å². The minimum atomic E-state index is -0.275. The summed E-state index contributed by atoms with van der Waals surface area (Å²) in [7, 11) is 1.58. The van der Waals surface area contributed by atoms with Crippen LogP contribution in [0, 0.1) is 0 Å². The molecule has 13 heavy (non-hydrogen) atoms. The van der Waals surface area contributed by atoms with E-state index >= 15 is 0 Å². The van der Waals surface area contributed by atoms with Crippen LogP contribution in [0.4, 0.5) is 9.80 Å². The number of nitrogens with zero attached hydrogens (tertiary/aromatic N) is 2. The van der Waals surface area contributed by atoms with E-state index in [1.807, 2.05) is 0 Å². The van der Waals surface area contributed by atoms with E-state index in [-0.39, 0.29) is 6.03 Å². The molecular weight excluding hydrogens is 192 g/mol. The summed E-state index contributed by atoms with van der Waals surface area (Å²) in [4.78, 5) is 11.1. The summed E-state index contributed by atoms with van der Waals surface area (Å²) >= 11 is 1.13. The Morgan fingerprint density at radius 3 is 3.23 bits per heavy atom. The maximum Gasteiger partial charge on any atom is 0.320 e. The molecule has 0 spiro atoms. The third kappa shape index (κ3) is 3.81. The Kier molecular flexibility index (Phi) is 4.13. The molecular formula is C6H10N4O2S. The van der Waals surface area contributed by atoms with Gasteiger partial charge in [0.2, 0.25) is 0 Å². The first kappa shape index (κ1) is 9.87. The first-order chi connectivity index (χ1) is 6.33. The fraction of sp³-hybridized carbons (Fsp3) is 0.500. The van der Waals surface area contributed by atoms with Gasteiger partial charge in [-0.15, -0.1) is 5.10 Å². The molecule has 2 N–H and O–H groups in total. The van der Waals surface area contributed by atoms with Gasteiger partial charge in [-0.2, -0.15) is 0 Å². The van der Waals surface area contributed by atoms with Gasteiger partial charge in [0, 0.05) is 25.2 Å². The number of amides is 2. The molecule has 0 bridgehead atoms. The minimum Gasteiger partial charge on any atom is -0.383 e. The van der Waals surface area contributed by atoms with Gasteiger partial charge in [-0.1, -0.05) is 4.49 Å². The summed E-state index contributed by atoms with van der Waals surface area (Å²) < 4.78 is 8.36. The van der Waals surface area contributed by atoms with E-state index in [1.165, 1.54) is 6.20 Å². The van der Waals surface area contributed by atoms with Crippen LogP contribution in [0.2, 0.25) is 0 Å². The predicted molar refractivity (Wildman–Crippen MR) is 48.8 cm³/mol. The van der Waals surface area contributed by atoms with E-state index in [2.05, 4.69) is 20.2 Å². The van der Waals surface area contributed by atoms with E-state index < -0.39 is 0 Å².